The molecule has 22 heteroatoms. The van der Waals surface area contributed by atoms with Crippen LogP contribution < -0.4 is 4.74 Å². The summed E-state index contributed by atoms with van der Waals surface area (Å²) in [6.07, 6.45) is 0. The normalized spacial score (nSPS) is 12.0. The van der Waals surface area contributed by atoms with Crippen LogP contribution in [0, 0.1) is 0 Å². The number of carboxylic acids is 4. The average Bonchev–Trinajstić information content (AvgIpc) is 2.78. The van der Waals surface area contributed by atoms with E-state index in [4.69, 9.17) is 19.5 Å². The molecule has 20 nitrogen and oxygen atoms in total. The third-order valence-electron chi connectivity index (χ3n) is 5.05. The average molecular weight is 646 g/mol. The Morgan fingerprint density at radius 1 is 0.619 bits per heavy atom. The monoisotopic (exact) mass is 645 g/mol. The molecule has 0 aliphatic rings. The van der Waals surface area contributed by atoms with Crippen LogP contribution in [0.2, 0.25) is 0 Å². The predicted molar refractivity (Wildman–Crippen MR) is 133 cm³/mol. The largest absolute Gasteiger partial charge is 0.504 e. The highest BCUT2D eigenvalue weighted by Gasteiger charge is 2.28. The lowest BCUT2D eigenvalue weighted by molar-refractivity contribution is -0.143. The van der Waals surface area contributed by atoms with Crippen molar-refractivity contribution in [2.75, 3.05) is 58.9 Å². The number of esters is 1. The number of rotatable bonds is 19. The number of hydrogen-bond acceptors (Lipinski definition) is 14. The highest BCUT2D eigenvalue weighted by molar-refractivity contribution is 7.86. The summed E-state index contributed by atoms with van der Waals surface area (Å²) in [6.45, 7) is -4.79. The van der Waals surface area contributed by atoms with Gasteiger partial charge in [-0.1, -0.05) is 0 Å². The van der Waals surface area contributed by atoms with Gasteiger partial charge in [0, 0.05) is 32.2 Å². The number of carbonyl (C=O) groups is 5. The molecule has 0 heterocycles. The second-order valence-electron chi connectivity index (χ2n) is 8.47. The molecule has 7 N–H and O–H groups in total. The molecule has 0 saturated carbocycles. The highest BCUT2D eigenvalue weighted by atomic mass is 32.2. The molecule has 0 radical (unpaired) electrons. The van der Waals surface area contributed by atoms with Gasteiger partial charge < -0.3 is 30.3 Å². The van der Waals surface area contributed by atoms with Crippen LogP contribution >= 0.6 is 0 Å². The summed E-state index contributed by atoms with van der Waals surface area (Å²) in [5.41, 5.74) is 0. The van der Waals surface area contributed by atoms with Gasteiger partial charge in [-0.15, -0.1) is 0 Å². The Bertz CT molecular complexity index is 1390. The van der Waals surface area contributed by atoms with E-state index in [1.807, 2.05) is 0 Å². The lowest BCUT2D eigenvalue weighted by Crippen LogP contribution is -2.45. The van der Waals surface area contributed by atoms with Gasteiger partial charge >= 0.3 is 29.8 Å². The van der Waals surface area contributed by atoms with Crippen molar-refractivity contribution in [3.8, 4) is 11.5 Å². The molecule has 0 aliphatic heterocycles. The quantitative estimate of drug-likeness (QED) is 0.0448. The van der Waals surface area contributed by atoms with Gasteiger partial charge in [0.2, 0.25) is 0 Å². The summed E-state index contributed by atoms with van der Waals surface area (Å²) in [6, 6.07) is 0.493. The van der Waals surface area contributed by atoms with E-state index >= 15 is 0 Å². The summed E-state index contributed by atoms with van der Waals surface area (Å²) >= 11 is 0. The number of aromatic hydroxyl groups is 1. The van der Waals surface area contributed by atoms with E-state index in [1.165, 1.54) is 4.90 Å². The number of carbonyl (C=O) groups excluding carboxylic acids is 1. The van der Waals surface area contributed by atoms with Gasteiger partial charge in [0.25, 0.3) is 20.2 Å². The first-order chi connectivity index (χ1) is 19.2. The topological polar surface area (TPSA) is 314 Å². The Balaban J connectivity index is 3.11. The number of phenolic OH excluding ortho intramolecular Hbond substituents is 1. The second-order valence-corrected chi connectivity index (χ2v) is 11.3. The van der Waals surface area contributed by atoms with Crippen molar-refractivity contribution >= 4 is 50.1 Å². The molecule has 0 amide bonds. The van der Waals surface area contributed by atoms with Gasteiger partial charge in [0.1, 0.15) is 4.90 Å². The molecule has 0 atom stereocenters. The SMILES string of the molecule is O=C(O)CN(CCN(CC(=O)O)CC(=O)O)CCN(CC(=O)O)CC(=O)Oc1c(O)cc(S(=O)(=O)O)cc1S(=O)(=O)O. The zero-order valence-corrected chi connectivity index (χ0v) is 23.0. The van der Waals surface area contributed by atoms with Crippen LogP contribution in [0.3, 0.4) is 0 Å². The van der Waals surface area contributed by atoms with E-state index < -0.39 is 104 Å². The van der Waals surface area contributed by atoms with E-state index in [2.05, 4.69) is 0 Å². The van der Waals surface area contributed by atoms with E-state index in [9.17, 15) is 60.7 Å². The smallest absolute Gasteiger partial charge is 0.325 e. The maximum Gasteiger partial charge on any atom is 0.325 e. The molecule has 42 heavy (non-hydrogen) atoms. The molecule has 0 spiro atoms. The number of hydrogen-bond donors (Lipinski definition) is 7. The van der Waals surface area contributed by atoms with E-state index in [-0.39, 0.29) is 32.2 Å². The summed E-state index contributed by atoms with van der Waals surface area (Å²) in [4.78, 5) is 57.5. The third-order valence-corrected chi connectivity index (χ3v) is 6.74. The molecule has 0 saturated heterocycles. The molecule has 0 unspecified atom stereocenters. The molecule has 0 aliphatic carbocycles. The highest BCUT2D eigenvalue weighted by Crippen LogP contribution is 2.36. The lowest BCUT2D eigenvalue weighted by Gasteiger charge is -2.27. The maximum atomic E-state index is 12.5. The summed E-state index contributed by atoms with van der Waals surface area (Å²) in [7, 11) is -10.4. The first-order valence-electron chi connectivity index (χ1n) is 11.3. The van der Waals surface area contributed by atoms with Crippen LogP contribution in [0.15, 0.2) is 21.9 Å². The zero-order chi connectivity index (χ0) is 32.4. The molecule has 1 aromatic carbocycles. The van der Waals surface area contributed by atoms with Crippen LogP contribution in [0.5, 0.6) is 11.5 Å². The molecule has 0 aromatic heterocycles. The van der Waals surface area contributed by atoms with Crippen molar-refractivity contribution in [1.82, 2.24) is 14.7 Å². The molecular formula is C20H27N3O17S2. The minimum absolute atomic E-state index is 0.184. The van der Waals surface area contributed by atoms with Crippen LogP contribution in [-0.2, 0) is 44.2 Å². The van der Waals surface area contributed by atoms with Crippen LogP contribution in [0.4, 0.5) is 0 Å². The first kappa shape index (κ1) is 36.1. The van der Waals surface area contributed by atoms with Crippen LogP contribution in [0.1, 0.15) is 0 Å². The van der Waals surface area contributed by atoms with Gasteiger partial charge in [-0.3, -0.25) is 47.8 Å². The number of nitrogens with zero attached hydrogens (tertiary/aromatic N) is 3. The number of carboxylic acid groups (broad SMARTS) is 4. The fourth-order valence-electron chi connectivity index (χ4n) is 3.36. The van der Waals surface area contributed by atoms with Gasteiger partial charge in [-0.05, 0) is 6.07 Å². The Labute approximate surface area is 237 Å². The number of benzene rings is 1. The molecule has 236 valence electrons. The molecule has 0 fully saturated rings. The Hall–Kier alpha value is -3.93. The predicted octanol–water partition coefficient (Wildman–Crippen LogP) is -2.96. The standard InChI is InChI=1S/C20H27N3O17S2/c24-13-5-12(41(34,35)36)6-14(42(37,38)39)20(13)40-19(33)11-23(10-18(31)32)4-2-21(7-15(25)26)1-3-22(8-16(27)28)9-17(29)30/h5-6,24H,1-4,7-11H2,(H,25,26)(H,27,28)(H,29,30)(H,31,32)(H,34,35,36)(H,37,38,39). The summed E-state index contributed by atoms with van der Waals surface area (Å²) in [5.74, 6) is -9.48. The zero-order valence-electron chi connectivity index (χ0n) is 21.4. The summed E-state index contributed by atoms with van der Waals surface area (Å²) in [5, 5.41) is 46.3. The number of phenols is 1. The lowest BCUT2D eigenvalue weighted by atomic mass is 10.3. The van der Waals surface area contributed by atoms with Crippen molar-refractivity contribution in [2.45, 2.75) is 9.79 Å². The van der Waals surface area contributed by atoms with Gasteiger partial charge in [-0.25, -0.2) is 0 Å². The Morgan fingerprint density at radius 2 is 1.00 bits per heavy atom. The minimum atomic E-state index is -5.35. The Morgan fingerprint density at radius 3 is 1.38 bits per heavy atom. The fourth-order valence-corrected chi connectivity index (χ4v) is 4.62. The van der Waals surface area contributed by atoms with Crippen LogP contribution in [-0.4, -0.2) is 155 Å². The second kappa shape index (κ2) is 15.3. The van der Waals surface area contributed by atoms with Gasteiger partial charge in [0.15, 0.2) is 11.5 Å². The van der Waals surface area contributed by atoms with Gasteiger partial charge in [0.05, 0.1) is 37.6 Å². The molecule has 1 rings (SSSR count). The minimum Gasteiger partial charge on any atom is -0.504 e. The maximum absolute atomic E-state index is 12.5. The fraction of sp³-hybridized carbons (Fsp3) is 0.450. The molecular weight excluding hydrogens is 618 g/mol. The number of aliphatic carboxylic acids is 4. The van der Waals surface area contributed by atoms with E-state index in [0.717, 1.165) is 9.80 Å². The van der Waals surface area contributed by atoms with Crippen molar-refractivity contribution in [2.24, 2.45) is 0 Å². The third kappa shape index (κ3) is 13.2. The van der Waals surface area contributed by atoms with Crippen molar-refractivity contribution in [1.29, 1.82) is 0 Å². The van der Waals surface area contributed by atoms with Crippen molar-refractivity contribution in [3.63, 3.8) is 0 Å². The summed E-state index contributed by atoms with van der Waals surface area (Å²) < 4.78 is 69.3. The van der Waals surface area contributed by atoms with E-state index in [1.54, 1.807) is 0 Å². The van der Waals surface area contributed by atoms with Crippen molar-refractivity contribution in [3.05, 3.63) is 12.1 Å². The van der Waals surface area contributed by atoms with Crippen molar-refractivity contribution < 1.29 is 80.2 Å². The van der Waals surface area contributed by atoms with Gasteiger partial charge in [-0.2, -0.15) is 16.8 Å². The number of ether oxygens (including phenoxy) is 1. The molecule has 1 aromatic rings. The molecule has 0 bridgehead atoms. The Kier molecular flexibility index (Phi) is 13.2. The van der Waals surface area contributed by atoms with Crippen LogP contribution in [0.25, 0.3) is 0 Å². The van der Waals surface area contributed by atoms with E-state index in [0.29, 0.717) is 6.07 Å². The first-order valence-corrected chi connectivity index (χ1v) is 14.1.